The maximum Gasteiger partial charge on any atom is 0.326 e. The van der Waals surface area contributed by atoms with Crippen molar-refractivity contribution < 1.29 is 19.8 Å². The number of benzene rings is 3. The third kappa shape index (κ3) is 7.57. The monoisotopic (exact) mass is 517 g/mol. The molecule has 0 aromatic heterocycles. The van der Waals surface area contributed by atoms with Crippen molar-refractivity contribution in [2.75, 3.05) is 5.75 Å². The largest absolute Gasteiger partial charge is 0.480 e. The van der Waals surface area contributed by atoms with Gasteiger partial charge >= 0.3 is 5.97 Å². The van der Waals surface area contributed by atoms with Crippen molar-refractivity contribution in [1.82, 2.24) is 5.32 Å². The zero-order chi connectivity index (χ0) is 26.7. The van der Waals surface area contributed by atoms with E-state index >= 15 is 0 Å². The van der Waals surface area contributed by atoms with E-state index < -0.39 is 28.8 Å². The van der Waals surface area contributed by atoms with Gasteiger partial charge in [0.25, 0.3) is 0 Å². The summed E-state index contributed by atoms with van der Waals surface area (Å²) in [6.45, 7) is 3.46. The number of carboxylic acid groups (broad SMARTS) is 1. The second kappa shape index (κ2) is 13.8. The number of amides is 1. The molecule has 3 aromatic carbocycles. The van der Waals surface area contributed by atoms with Crippen LogP contribution >= 0.6 is 11.8 Å². The van der Waals surface area contributed by atoms with Crippen LogP contribution in [0.25, 0.3) is 0 Å². The minimum Gasteiger partial charge on any atom is -0.480 e. The smallest absolute Gasteiger partial charge is 0.326 e. The lowest BCUT2D eigenvalue weighted by atomic mass is 9.84. The van der Waals surface area contributed by atoms with E-state index in [1.54, 1.807) is 19.9 Å². The molecular weight excluding hydrogens is 482 g/mol. The normalized spacial score (nSPS) is 13.4. The number of thioether (sulfide) groups is 1. The average Bonchev–Trinajstić information content (AvgIpc) is 2.90. The summed E-state index contributed by atoms with van der Waals surface area (Å²) in [7, 11) is 0. The van der Waals surface area contributed by atoms with Gasteiger partial charge in [0.1, 0.15) is 6.04 Å². The fraction of sp³-hybridized carbons (Fsp3) is 0.290. The van der Waals surface area contributed by atoms with Crippen LogP contribution in [0.15, 0.2) is 103 Å². The van der Waals surface area contributed by atoms with Gasteiger partial charge in [0, 0.05) is 0 Å². The SMILES string of the molecule is CC(C)[C@@H](NC(=O)CC(O)C=CCCSC(c1ccccc1)(c1ccccc1)c1ccccc1)C(=O)O. The fourth-order valence-corrected chi connectivity index (χ4v) is 5.77. The third-order valence-corrected chi connectivity index (χ3v) is 7.73. The Hall–Kier alpha value is -3.35. The lowest BCUT2D eigenvalue weighted by Gasteiger charge is -2.35. The van der Waals surface area contributed by atoms with Crippen LogP contribution in [0.1, 0.15) is 43.4 Å². The molecule has 194 valence electrons. The molecule has 3 N–H and O–H groups in total. The van der Waals surface area contributed by atoms with Gasteiger partial charge in [0.2, 0.25) is 5.91 Å². The second-order valence-electron chi connectivity index (χ2n) is 9.24. The highest BCUT2D eigenvalue weighted by Gasteiger charge is 2.36. The first kappa shape index (κ1) is 28.2. The van der Waals surface area contributed by atoms with E-state index in [1.807, 2.05) is 36.0 Å². The number of hydrogen-bond donors (Lipinski definition) is 3. The zero-order valence-electron chi connectivity index (χ0n) is 21.3. The minimum absolute atomic E-state index is 0.178. The summed E-state index contributed by atoms with van der Waals surface area (Å²) >= 11 is 1.83. The first-order valence-electron chi connectivity index (χ1n) is 12.5. The van der Waals surface area contributed by atoms with Crippen LogP contribution in [0.2, 0.25) is 0 Å². The molecule has 0 saturated carbocycles. The number of carbonyl (C=O) groups excluding carboxylic acids is 1. The van der Waals surface area contributed by atoms with Gasteiger partial charge < -0.3 is 15.5 Å². The molecule has 37 heavy (non-hydrogen) atoms. The summed E-state index contributed by atoms with van der Waals surface area (Å²) in [4.78, 5) is 23.5. The Bertz CT molecular complexity index is 1050. The molecule has 0 radical (unpaired) electrons. The predicted molar refractivity (Wildman–Crippen MR) is 150 cm³/mol. The van der Waals surface area contributed by atoms with Crippen LogP contribution in [-0.2, 0) is 14.3 Å². The van der Waals surface area contributed by atoms with Crippen molar-refractivity contribution in [3.8, 4) is 0 Å². The number of carboxylic acids is 1. The number of aliphatic hydroxyl groups is 1. The highest BCUT2D eigenvalue weighted by molar-refractivity contribution is 8.00. The number of aliphatic carboxylic acids is 1. The van der Waals surface area contributed by atoms with Crippen LogP contribution < -0.4 is 5.32 Å². The Labute approximate surface area is 223 Å². The van der Waals surface area contributed by atoms with E-state index in [0.29, 0.717) is 6.42 Å². The third-order valence-electron chi connectivity index (χ3n) is 6.15. The number of aliphatic hydroxyl groups excluding tert-OH is 1. The predicted octanol–water partition coefficient (Wildman–Crippen LogP) is 5.63. The van der Waals surface area contributed by atoms with Crippen molar-refractivity contribution >= 4 is 23.6 Å². The van der Waals surface area contributed by atoms with E-state index in [4.69, 9.17) is 0 Å². The van der Waals surface area contributed by atoms with Crippen molar-refractivity contribution in [2.45, 2.75) is 43.6 Å². The zero-order valence-corrected chi connectivity index (χ0v) is 22.1. The van der Waals surface area contributed by atoms with Crippen LogP contribution in [0.4, 0.5) is 0 Å². The van der Waals surface area contributed by atoms with Gasteiger partial charge in [-0.25, -0.2) is 4.79 Å². The second-order valence-corrected chi connectivity index (χ2v) is 10.6. The Balaban J connectivity index is 1.71. The first-order valence-corrected chi connectivity index (χ1v) is 13.5. The van der Waals surface area contributed by atoms with Gasteiger partial charge in [-0.1, -0.05) is 117 Å². The Kier molecular flexibility index (Phi) is 10.5. The van der Waals surface area contributed by atoms with Gasteiger partial charge in [-0.15, -0.1) is 11.8 Å². The standard InChI is InChI=1S/C31H35NO4S/c1-23(2)29(30(35)36)32-28(34)22-27(33)20-12-13-21-37-31(24-14-6-3-7-15-24,25-16-8-4-9-17-25)26-18-10-5-11-19-26/h3-12,14-20,23,27,29,33H,13,21-22H2,1-2H3,(H,32,34)(H,35,36)/t27?,29-/m1/s1. The number of nitrogens with one attached hydrogen (secondary N) is 1. The van der Waals surface area contributed by atoms with Crippen LogP contribution in [0, 0.1) is 5.92 Å². The summed E-state index contributed by atoms with van der Waals surface area (Å²) in [6, 6.07) is 30.4. The Morgan fingerprint density at radius 2 is 1.32 bits per heavy atom. The molecule has 0 saturated heterocycles. The lowest BCUT2D eigenvalue weighted by molar-refractivity contribution is -0.143. The number of carbonyl (C=O) groups is 2. The van der Waals surface area contributed by atoms with Gasteiger partial charge in [-0.2, -0.15) is 0 Å². The molecule has 0 aliphatic carbocycles. The molecule has 0 aliphatic rings. The number of hydrogen-bond acceptors (Lipinski definition) is 4. The lowest BCUT2D eigenvalue weighted by Crippen LogP contribution is -2.45. The van der Waals surface area contributed by atoms with E-state index in [-0.39, 0.29) is 12.3 Å². The topological polar surface area (TPSA) is 86.6 Å². The Morgan fingerprint density at radius 1 is 0.865 bits per heavy atom. The summed E-state index contributed by atoms with van der Waals surface area (Å²) in [5.74, 6) is -1.03. The summed E-state index contributed by atoms with van der Waals surface area (Å²) < 4.78 is -0.404. The summed E-state index contributed by atoms with van der Waals surface area (Å²) in [5.41, 5.74) is 3.57. The molecule has 3 rings (SSSR count). The van der Waals surface area contributed by atoms with E-state index in [9.17, 15) is 19.8 Å². The van der Waals surface area contributed by atoms with Crippen LogP contribution in [0.5, 0.6) is 0 Å². The van der Waals surface area contributed by atoms with Crippen molar-refractivity contribution in [3.63, 3.8) is 0 Å². The maximum atomic E-state index is 12.2. The van der Waals surface area contributed by atoms with Crippen molar-refractivity contribution in [2.24, 2.45) is 5.92 Å². The van der Waals surface area contributed by atoms with Crippen LogP contribution in [-0.4, -0.2) is 40.0 Å². The molecule has 2 atom stereocenters. The molecule has 0 fully saturated rings. The molecule has 0 heterocycles. The highest BCUT2D eigenvalue weighted by atomic mass is 32.2. The fourth-order valence-electron chi connectivity index (χ4n) is 4.31. The number of rotatable bonds is 13. The highest BCUT2D eigenvalue weighted by Crippen LogP contribution is 2.48. The molecule has 1 amide bonds. The molecule has 5 nitrogen and oxygen atoms in total. The van der Waals surface area contributed by atoms with Gasteiger partial charge in [0.05, 0.1) is 17.3 Å². The summed E-state index contributed by atoms with van der Waals surface area (Å²) in [6.07, 6.45) is 3.03. The summed E-state index contributed by atoms with van der Waals surface area (Å²) in [5, 5.41) is 22.0. The quantitative estimate of drug-likeness (QED) is 0.155. The average molecular weight is 518 g/mol. The van der Waals surface area contributed by atoms with Crippen molar-refractivity contribution in [1.29, 1.82) is 0 Å². The van der Waals surface area contributed by atoms with E-state index in [2.05, 4.69) is 78.1 Å². The van der Waals surface area contributed by atoms with Gasteiger partial charge in [-0.05, 0) is 34.8 Å². The maximum absolute atomic E-state index is 12.2. The molecule has 1 unspecified atom stereocenters. The van der Waals surface area contributed by atoms with Gasteiger partial charge in [-0.3, -0.25) is 4.79 Å². The van der Waals surface area contributed by atoms with Crippen LogP contribution in [0.3, 0.4) is 0 Å². The van der Waals surface area contributed by atoms with E-state index in [1.165, 1.54) is 16.7 Å². The minimum atomic E-state index is -1.08. The van der Waals surface area contributed by atoms with Crippen molar-refractivity contribution in [3.05, 3.63) is 120 Å². The first-order chi connectivity index (χ1) is 17.8. The molecular formula is C31H35NO4S. The molecule has 0 spiro atoms. The molecule has 6 heteroatoms. The molecule has 0 bridgehead atoms. The number of allylic oxidation sites excluding steroid dienone is 1. The molecule has 0 aliphatic heterocycles. The van der Waals surface area contributed by atoms with Gasteiger partial charge in [0.15, 0.2) is 0 Å². The molecule has 3 aromatic rings. The van der Waals surface area contributed by atoms with E-state index in [0.717, 1.165) is 5.75 Å². The Morgan fingerprint density at radius 3 is 1.73 bits per heavy atom.